The molecular weight excluding hydrogens is 646 g/mol. The highest BCUT2D eigenvalue weighted by Gasteiger charge is 2.26. The Labute approximate surface area is 293 Å². The van der Waals surface area contributed by atoms with Gasteiger partial charge in [-0.1, -0.05) is 63.6 Å². The van der Waals surface area contributed by atoms with Crippen molar-refractivity contribution in [3.05, 3.63) is 36.0 Å². The van der Waals surface area contributed by atoms with E-state index in [0.717, 1.165) is 35.7 Å². The van der Waals surface area contributed by atoms with Crippen molar-refractivity contribution in [2.45, 2.75) is 115 Å². The smallest absolute Gasteiger partial charge is 0.303 e. The van der Waals surface area contributed by atoms with Crippen LogP contribution in [0.25, 0.3) is 10.9 Å². The lowest BCUT2D eigenvalue weighted by molar-refractivity contribution is -0.137. The van der Waals surface area contributed by atoms with E-state index in [0.29, 0.717) is 19.5 Å². The van der Waals surface area contributed by atoms with Crippen LogP contribution in [0.1, 0.15) is 89.5 Å². The summed E-state index contributed by atoms with van der Waals surface area (Å²) in [5.74, 6) is -2.69. The molecule has 0 radical (unpaired) electrons. The van der Waals surface area contributed by atoms with Gasteiger partial charge in [0.1, 0.15) is 6.04 Å². The Balaban J connectivity index is 1.86. The number of hydrogen-bond donors (Lipinski definition) is 10. The minimum atomic E-state index is -1.92. The van der Waals surface area contributed by atoms with Crippen LogP contribution in [0.5, 0.6) is 0 Å². The molecule has 3 unspecified atom stereocenters. The summed E-state index contributed by atoms with van der Waals surface area (Å²) in [4.78, 5) is 64.5. The SMILES string of the molecule is CCCCCCCCCC(=O)NCCNCC(N)C(=O)NC(Cc1c[nH]c2ccccc12)C(=O)NCCC(NC(=O)CCCC(=O)O)C(O)O. The van der Waals surface area contributed by atoms with Crippen LogP contribution in [0.3, 0.4) is 0 Å². The first-order valence-corrected chi connectivity index (χ1v) is 17.7. The Morgan fingerprint density at radius 1 is 0.800 bits per heavy atom. The number of carbonyl (C=O) groups excluding carboxylic acids is 4. The molecule has 0 saturated carbocycles. The van der Waals surface area contributed by atoms with E-state index < -0.39 is 48.1 Å². The van der Waals surface area contributed by atoms with Crippen LogP contribution in [0, 0.1) is 0 Å². The lowest BCUT2D eigenvalue weighted by atomic mass is 10.0. The molecule has 1 aromatic heterocycles. The van der Waals surface area contributed by atoms with E-state index in [2.05, 4.69) is 38.5 Å². The zero-order chi connectivity index (χ0) is 36.7. The van der Waals surface area contributed by atoms with Gasteiger partial charge in [0, 0.05) is 69.0 Å². The Morgan fingerprint density at radius 3 is 2.22 bits per heavy atom. The number of aliphatic carboxylic acids is 1. The van der Waals surface area contributed by atoms with E-state index in [4.69, 9.17) is 10.8 Å². The van der Waals surface area contributed by atoms with E-state index >= 15 is 0 Å². The molecule has 1 aromatic carbocycles. The Hall–Kier alpha value is -4.05. The van der Waals surface area contributed by atoms with Gasteiger partial charge >= 0.3 is 5.97 Å². The van der Waals surface area contributed by atoms with Crippen LogP contribution in [0.4, 0.5) is 0 Å². The molecule has 15 nitrogen and oxygen atoms in total. The number of carboxylic acids is 1. The number of unbranched alkanes of at least 4 members (excludes halogenated alkanes) is 6. The van der Waals surface area contributed by atoms with Gasteiger partial charge in [-0.05, 0) is 30.9 Å². The fourth-order valence-corrected chi connectivity index (χ4v) is 5.43. The van der Waals surface area contributed by atoms with E-state index in [9.17, 15) is 34.2 Å². The number of para-hydroxylation sites is 1. The number of aliphatic hydroxyl groups excluding tert-OH is 1. The highest BCUT2D eigenvalue weighted by Crippen LogP contribution is 2.19. The third kappa shape index (κ3) is 17.1. The Morgan fingerprint density at radius 2 is 1.50 bits per heavy atom. The molecule has 0 spiro atoms. The van der Waals surface area contributed by atoms with Gasteiger partial charge in [-0.3, -0.25) is 24.0 Å². The number of H-pyrrole nitrogens is 1. The maximum Gasteiger partial charge on any atom is 0.303 e. The van der Waals surface area contributed by atoms with Gasteiger partial charge in [-0.2, -0.15) is 0 Å². The quantitative estimate of drug-likeness (QED) is 0.0466. The number of hydrogen-bond acceptors (Lipinski definition) is 9. The summed E-state index contributed by atoms with van der Waals surface area (Å²) >= 11 is 0. The minimum absolute atomic E-state index is 0.00790. The van der Waals surface area contributed by atoms with Gasteiger partial charge in [-0.15, -0.1) is 0 Å². The number of aromatic nitrogens is 1. The minimum Gasteiger partial charge on any atom is -0.481 e. The number of carbonyl (C=O) groups is 5. The van der Waals surface area contributed by atoms with Crippen molar-refractivity contribution in [2.24, 2.45) is 5.73 Å². The fourth-order valence-electron chi connectivity index (χ4n) is 5.43. The average molecular weight is 704 g/mol. The molecule has 2 rings (SSSR count). The molecule has 0 aliphatic carbocycles. The second kappa shape index (κ2) is 24.2. The Kier molecular flexibility index (Phi) is 20.4. The number of aromatic amines is 1. The van der Waals surface area contributed by atoms with Gasteiger partial charge in [0.05, 0.1) is 12.1 Å². The highest BCUT2D eigenvalue weighted by molar-refractivity contribution is 5.91. The van der Waals surface area contributed by atoms with Crippen molar-refractivity contribution in [2.75, 3.05) is 26.2 Å². The third-order valence-electron chi connectivity index (χ3n) is 8.32. The van der Waals surface area contributed by atoms with Crippen LogP contribution < -0.4 is 32.3 Å². The lowest BCUT2D eigenvalue weighted by Gasteiger charge is -2.23. The number of benzene rings is 1. The van der Waals surface area contributed by atoms with Gasteiger partial charge in [0.25, 0.3) is 0 Å². The van der Waals surface area contributed by atoms with Crippen molar-refractivity contribution < 1.29 is 39.3 Å². The first kappa shape index (κ1) is 42.1. The van der Waals surface area contributed by atoms with Gasteiger partial charge < -0.3 is 52.6 Å². The predicted molar refractivity (Wildman–Crippen MR) is 190 cm³/mol. The standard InChI is InChI=1S/C35H57N7O8/c1-2-3-4-5-6-7-8-14-30(43)38-20-19-37-23-26(36)33(47)42-29(21-24-22-40-27-13-10-9-12-25(24)27)34(48)39-18-17-28(35(49)50)41-31(44)15-11-16-32(45)46/h9-10,12-13,22,26,28-29,35,37,40,49-50H,2-8,11,14-21,23,36H2,1H3,(H,38,43)(H,39,48)(H,41,44)(H,42,47)(H,45,46). The maximum absolute atomic E-state index is 13.4. The van der Waals surface area contributed by atoms with E-state index in [1.165, 1.54) is 25.7 Å². The number of amides is 4. The molecule has 2 aromatic rings. The molecule has 15 heteroatoms. The fraction of sp³-hybridized carbons (Fsp3) is 0.629. The van der Waals surface area contributed by atoms with Crippen molar-refractivity contribution >= 4 is 40.5 Å². The lowest BCUT2D eigenvalue weighted by Crippen LogP contribution is -2.55. The average Bonchev–Trinajstić information content (AvgIpc) is 3.49. The van der Waals surface area contributed by atoms with E-state index in [1.807, 2.05) is 24.3 Å². The monoisotopic (exact) mass is 703 g/mol. The summed E-state index contributed by atoms with van der Waals surface area (Å²) in [6.45, 7) is 3.04. The van der Waals surface area contributed by atoms with Crippen LogP contribution in [0.15, 0.2) is 30.5 Å². The summed E-state index contributed by atoms with van der Waals surface area (Å²) < 4.78 is 0. The molecule has 50 heavy (non-hydrogen) atoms. The number of carboxylic acid groups (broad SMARTS) is 1. The summed E-state index contributed by atoms with van der Waals surface area (Å²) in [5, 5.41) is 42.9. The number of nitrogens with one attached hydrogen (secondary N) is 6. The zero-order valence-corrected chi connectivity index (χ0v) is 29.2. The first-order chi connectivity index (χ1) is 24.0. The summed E-state index contributed by atoms with van der Waals surface area (Å²) in [7, 11) is 0. The zero-order valence-electron chi connectivity index (χ0n) is 29.2. The molecule has 280 valence electrons. The molecule has 4 amide bonds. The predicted octanol–water partition coefficient (Wildman–Crippen LogP) is 0.926. The number of aliphatic hydroxyl groups is 2. The van der Waals surface area contributed by atoms with E-state index in [-0.39, 0.29) is 51.1 Å². The molecule has 0 bridgehead atoms. The molecule has 1 heterocycles. The molecule has 3 atom stereocenters. The normalized spacial score (nSPS) is 13.1. The molecule has 0 aliphatic heterocycles. The van der Waals surface area contributed by atoms with Gasteiger partial charge in [-0.25, -0.2) is 0 Å². The van der Waals surface area contributed by atoms with Crippen LogP contribution in [0.2, 0.25) is 0 Å². The number of rotatable bonds is 27. The summed E-state index contributed by atoms with van der Waals surface area (Å²) in [6, 6.07) is 4.40. The van der Waals surface area contributed by atoms with Crippen molar-refractivity contribution in [1.82, 2.24) is 31.6 Å². The Bertz CT molecular complexity index is 1340. The number of fused-ring (bicyclic) bond motifs is 1. The van der Waals surface area contributed by atoms with Crippen molar-refractivity contribution in [3.8, 4) is 0 Å². The number of nitrogens with two attached hydrogens (primary N) is 1. The molecule has 0 fully saturated rings. The van der Waals surface area contributed by atoms with E-state index in [1.54, 1.807) is 6.20 Å². The topological polar surface area (TPSA) is 248 Å². The maximum atomic E-state index is 13.4. The summed E-state index contributed by atoms with van der Waals surface area (Å²) in [5.41, 5.74) is 7.79. The molecule has 0 aliphatic rings. The highest BCUT2D eigenvalue weighted by atomic mass is 16.5. The van der Waals surface area contributed by atoms with Gasteiger partial charge in [0.15, 0.2) is 6.29 Å². The largest absolute Gasteiger partial charge is 0.481 e. The molecule has 0 saturated heterocycles. The summed E-state index contributed by atoms with van der Waals surface area (Å²) in [6.07, 6.45) is 8.18. The van der Waals surface area contributed by atoms with Crippen LogP contribution in [-0.4, -0.2) is 100 Å². The molecule has 11 N–H and O–H groups in total. The second-order valence-corrected chi connectivity index (χ2v) is 12.6. The van der Waals surface area contributed by atoms with Crippen molar-refractivity contribution in [3.63, 3.8) is 0 Å². The third-order valence-corrected chi connectivity index (χ3v) is 8.32. The second-order valence-electron chi connectivity index (χ2n) is 12.6. The molecular formula is C35H57N7O8. The van der Waals surface area contributed by atoms with Crippen molar-refractivity contribution in [1.29, 1.82) is 0 Å². The first-order valence-electron chi connectivity index (χ1n) is 17.7. The van der Waals surface area contributed by atoms with Crippen LogP contribution in [-0.2, 0) is 30.4 Å². The van der Waals surface area contributed by atoms with Crippen LogP contribution >= 0.6 is 0 Å². The van der Waals surface area contributed by atoms with Gasteiger partial charge in [0.2, 0.25) is 23.6 Å².